The molecule has 1 aromatic rings. The Morgan fingerprint density at radius 3 is 2.43 bits per heavy atom. The number of guanidine groups is 1. The van der Waals surface area contributed by atoms with Gasteiger partial charge in [-0.2, -0.15) is 0 Å². The summed E-state index contributed by atoms with van der Waals surface area (Å²) in [7, 11) is 1.69. The molecule has 1 saturated heterocycles. The molecule has 1 aliphatic heterocycles. The monoisotopic (exact) mass is 504 g/mol. The third-order valence-electron chi connectivity index (χ3n) is 5.08. The lowest BCUT2D eigenvalue weighted by atomic mass is 9.85. The molecule has 0 radical (unpaired) electrons. The minimum Gasteiger partial charge on any atom is -0.497 e. The predicted molar refractivity (Wildman–Crippen MR) is 127 cm³/mol. The zero-order valence-corrected chi connectivity index (χ0v) is 20.3. The van der Waals surface area contributed by atoms with E-state index in [1.807, 2.05) is 12.1 Å². The molecule has 1 fully saturated rings. The van der Waals surface area contributed by atoms with E-state index in [0.717, 1.165) is 51.1 Å². The predicted octanol–water partition coefficient (Wildman–Crippen LogP) is 2.87. The lowest BCUT2D eigenvalue weighted by Gasteiger charge is -2.32. The number of benzene rings is 1. The van der Waals surface area contributed by atoms with Crippen LogP contribution < -0.4 is 15.4 Å². The van der Waals surface area contributed by atoms with Gasteiger partial charge in [0.2, 0.25) is 0 Å². The van der Waals surface area contributed by atoms with Crippen molar-refractivity contribution in [1.82, 2.24) is 15.5 Å². The lowest BCUT2D eigenvalue weighted by molar-refractivity contribution is 0.0211. The van der Waals surface area contributed by atoms with Gasteiger partial charge in [0, 0.05) is 37.6 Å². The molecule has 2 rings (SSSR count). The van der Waals surface area contributed by atoms with Crippen LogP contribution in [0.2, 0.25) is 0 Å². The first kappa shape index (κ1) is 25.0. The van der Waals surface area contributed by atoms with Gasteiger partial charge in [-0.05, 0) is 31.5 Å². The Kier molecular flexibility index (Phi) is 11.1. The third-order valence-corrected chi connectivity index (χ3v) is 5.08. The maximum absolute atomic E-state index is 5.44. The van der Waals surface area contributed by atoms with Crippen LogP contribution in [0, 0.1) is 0 Å². The number of nitrogens with zero attached hydrogens (tertiary/aromatic N) is 2. The van der Waals surface area contributed by atoms with Gasteiger partial charge >= 0.3 is 0 Å². The summed E-state index contributed by atoms with van der Waals surface area (Å²) in [6.45, 7) is 14.9. The summed E-state index contributed by atoms with van der Waals surface area (Å²) in [5.41, 5.74) is 1.20. The average Bonchev–Trinajstić information content (AvgIpc) is 2.70. The average molecular weight is 504 g/mol. The van der Waals surface area contributed by atoms with Crippen LogP contribution in [0.5, 0.6) is 5.75 Å². The highest BCUT2D eigenvalue weighted by atomic mass is 127. The first-order chi connectivity index (χ1) is 13.0. The Labute approximate surface area is 187 Å². The SMILES string of the molecule is CCNC(=NCC(C)(C)c1ccc(OC)cc1)NCC(C)N1CCOCC1.I. The molecule has 0 saturated carbocycles. The van der Waals surface area contributed by atoms with Crippen molar-refractivity contribution in [2.24, 2.45) is 4.99 Å². The van der Waals surface area contributed by atoms with Gasteiger partial charge in [-0.1, -0.05) is 26.0 Å². The van der Waals surface area contributed by atoms with E-state index in [1.54, 1.807) is 7.11 Å². The van der Waals surface area contributed by atoms with Gasteiger partial charge in [0.25, 0.3) is 0 Å². The topological polar surface area (TPSA) is 58.1 Å². The molecule has 6 nitrogen and oxygen atoms in total. The van der Waals surface area contributed by atoms with E-state index in [-0.39, 0.29) is 29.4 Å². The fourth-order valence-corrected chi connectivity index (χ4v) is 3.14. The zero-order valence-electron chi connectivity index (χ0n) is 18.0. The number of morpholine rings is 1. The molecule has 1 unspecified atom stereocenters. The van der Waals surface area contributed by atoms with Gasteiger partial charge in [0.15, 0.2) is 5.96 Å². The van der Waals surface area contributed by atoms with Gasteiger partial charge in [-0.15, -0.1) is 24.0 Å². The van der Waals surface area contributed by atoms with E-state index < -0.39 is 0 Å². The molecule has 0 aliphatic carbocycles. The fourth-order valence-electron chi connectivity index (χ4n) is 3.14. The minimum absolute atomic E-state index is 0. The van der Waals surface area contributed by atoms with Crippen molar-refractivity contribution in [2.75, 3.05) is 53.0 Å². The lowest BCUT2D eigenvalue weighted by Crippen LogP contribution is -2.49. The van der Waals surface area contributed by atoms with Crippen LogP contribution in [-0.2, 0) is 10.2 Å². The number of methoxy groups -OCH3 is 1. The van der Waals surface area contributed by atoms with Crippen molar-refractivity contribution >= 4 is 29.9 Å². The van der Waals surface area contributed by atoms with E-state index in [2.05, 4.69) is 55.4 Å². The van der Waals surface area contributed by atoms with Gasteiger partial charge in [0.1, 0.15) is 5.75 Å². The zero-order chi connectivity index (χ0) is 19.7. The maximum atomic E-state index is 5.44. The van der Waals surface area contributed by atoms with Gasteiger partial charge in [-0.25, -0.2) is 0 Å². The highest BCUT2D eigenvalue weighted by Gasteiger charge is 2.21. The normalized spacial score (nSPS) is 16.8. The second kappa shape index (κ2) is 12.5. The van der Waals surface area contributed by atoms with Crippen LogP contribution in [0.25, 0.3) is 0 Å². The van der Waals surface area contributed by atoms with Gasteiger partial charge in [-0.3, -0.25) is 9.89 Å². The van der Waals surface area contributed by atoms with Crippen molar-refractivity contribution in [3.63, 3.8) is 0 Å². The third kappa shape index (κ3) is 7.75. The number of hydrogen-bond donors (Lipinski definition) is 2. The molecule has 28 heavy (non-hydrogen) atoms. The first-order valence-electron chi connectivity index (χ1n) is 9.94. The van der Waals surface area contributed by atoms with Crippen molar-refractivity contribution in [3.8, 4) is 5.75 Å². The van der Waals surface area contributed by atoms with Crippen molar-refractivity contribution in [2.45, 2.75) is 39.2 Å². The summed E-state index contributed by atoms with van der Waals surface area (Å²) < 4.78 is 10.7. The van der Waals surface area contributed by atoms with Crippen molar-refractivity contribution in [1.29, 1.82) is 0 Å². The minimum atomic E-state index is -0.0511. The largest absolute Gasteiger partial charge is 0.497 e. The molecule has 0 amide bonds. The van der Waals surface area contributed by atoms with Crippen molar-refractivity contribution in [3.05, 3.63) is 29.8 Å². The number of rotatable bonds is 8. The molecule has 1 aliphatic rings. The smallest absolute Gasteiger partial charge is 0.191 e. The van der Waals surface area contributed by atoms with E-state index in [1.165, 1.54) is 5.56 Å². The Balaban J connectivity index is 0.00000392. The molecule has 7 heteroatoms. The van der Waals surface area contributed by atoms with Crippen LogP contribution in [-0.4, -0.2) is 69.9 Å². The maximum Gasteiger partial charge on any atom is 0.191 e. The van der Waals surface area contributed by atoms with E-state index in [0.29, 0.717) is 12.6 Å². The number of nitrogens with one attached hydrogen (secondary N) is 2. The number of halogens is 1. The Morgan fingerprint density at radius 1 is 1.21 bits per heavy atom. The Bertz CT molecular complexity index is 587. The molecular weight excluding hydrogens is 467 g/mol. The molecule has 0 spiro atoms. The fraction of sp³-hybridized carbons (Fsp3) is 0.667. The number of hydrogen-bond acceptors (Lipinski definition) is 4. The Morgan fingerprint density at radius 2 is 1.86 bits per heavy atom. The summed E-state index contributed by atoms with van der Waals surface area (Å²) in [6, 6.07) is 8.71. The van der Waals surface area contributed by atoms with Gasteiger partial charge in [0.05, 0.1) is 26.9 Å². The number of aliphatic imine (C=N–C) groups is 1. The molecule has 160 valence electrons. The summed E-state index contributed by atoms with van der Waals surface area (Å²) in [5.74, 6) is 1.75. The molecule has 2 N–H and O–H groups in total. The molecule has 1 aromatic carbocycles. The summed E-state index contributed by atoms with van der Waals surface area (Å²) in [5, 5.41) is 6.86. The van der Waals surface area contributed by atoms with E-state index >= 15 is 0 Å². The molecule has 0 aromatic heterocycles. The molecule has 1 atom stereocenters. The first-order valence-corrected chi connectivity index (χ1v) is 9.94. The second-order valence-electron chi connectivity index (χ2n) is 7.69. The Hall–Kier alpha value is -1.06. The van der Waals surface area contributed by atoms with Crippen molar-refractivity contribution < 1.29 is 9.47 Å². The highest BCUT2D eigenvalue weighted by molar-refractivity contribution is 14.0. The molecular formula is C21H37IN4O2. The van der Waals surface area contributed by atoms with Crippen LogP contribution >= 0.6 is 24.0 Å². The van der Waals surface area contributed by atoms with Crippen LogP contribution in [0.15, 0.2) is 29.3 Å². The van der Waals surface area contributed by atoms with Crippen LogP contribution in [0.4, 0.5) is 0 Å². The molecule has 0 bridgehead atoms. The summed E-state index contributed by atoms with van der Waals surface area (Å²) >= 11 is 0. The van der Waals surface area contributed by atoms with Crippen LogP contribution in [0.3, 0.4) is 0 Å². The quantitative estimate of drug-likeness (QED) is 0.324. The van der Waals surface area contributed by atoms with Gasteiger partial charge < -0.3 is 20.1 Å². The summed E-state index contributed by atoms with van der Waals surface area (Å²) in [6.07, 6.45) is 0. The highest BCUT2D eigenvalue weighted by Crippen LogP contribution is 2.25. The van der Waals surface area contributed by atoms with Crippen LogP contribution in [0.1, 0.15) is 33.3 Å². The van der Waals surface area contributed by atoms with E-state index in [9.17, 15) is 0 Å². The van der Waals surface area contributed by atoms with E-state index in [4.69, 9.17) is 14.5 Å². The molecule has 1 heterocycles. The number of ether oxygens (including phenoxy) is 2. The summed E-state index contributed by atoms with van der Waals surface area (Å²) in [4.78, 5) is 7.30. The standard InChI is InChI=1S/C21H36N4O2.HI/c1-6-22-20(23-15-17(2)25-11-13-27-14-12-25)24-16-21(3,4)18-7-9-19(26-5)10-8-18;/h7-10,17H,6,11-16H2,1-5H3,(H2,22,23,24);1H. The second-order valence-corrected chi connectivity index (χ2v) is 7.69.